The van der Waals surface area contributed by atoms with E-state index in [-0.39, 0.29) is 22.5 Å². The molecule has 0 unspecified atom stereocenters. The molecular formula is C14H12O5. The highest BCUT2D eigenvalue weighted by Gasteiger charge is 2.45. The van der Waals surface area contributed by atoms with Crippen molar-refractivity contribution in [1.82, 2.24) is 0 Å². The van der Waals surface area contributed by atoms with E-state index in [1.807, 2.05) is 0 Å². The van der Waals surface area contributed by atoms with Gasteiger partial charge in [-0.3, -0.25) is 9.59 Å². The molecule has 19 heavy (non-hydrogen) atoms. The van der Waals surface area contributed by atoms with Crippen LogP contribution in [0.5, 0.6) is 0 Å². The van der Waals surface area contributed by atoms with Gasteiger partial charge in [0, 0.05) is 11.1 Å². The molecule has 2 N–H and O–H groups in total. The number of rotatable bonds is 0. The maximum atomic E-state index is 12.3. The van der Waals surface area contributed by atoms with Gasteiger partial charge in [0.15, 0.2) is 11.5 Å². The molecule has 0 fully saturated rings. The standard InChI is InChI=1S/C14H12O5/c1-6-10(15)13(18)9-11(16)7-4-2-3-5-8(7)12(17)14(9)19-6/h2-6,10,13,15,18H,1H3/t6-,10+,13+/m0/s1. The number of Topliss-reactive ketones (excluding diaryl/α,β-unsaturated/α-hetero) is 2. The summed E-state index contributed by atoms with van der Waals surface area (Å²) in [5.74, 6) is -1.04. The van der Waals surface area contributed by atoms with Gasteiger partial charge in [-0.25, -0.2) is 0 Å². The fourth-order valence-electron chi connectivity index (χ4n) is 2.44. The van der Waals surface area contributed by atoms with Gasteiger partial charge >= 0.3 is 0 Å². The monoisotopic (exact) mass is 260 g/mol. The number of ketones is 2. The minimum Gasteiger partial charge on any atom is -0.483 e. The van der Waals surface area contributed by atoms with E-state index >= 15 is 0 Å². The number of carbonyl (C=O) groups is 2. The van der Waals surface area contributed by atoms with Crippen LogP contribution in [-0.4, -0.2) is 40.1 Å². The van der Waals surface area contributed by atoms with E-state index in [0.717, 1.165) is 0 Å². The van der Waals surface area contributed by atoms with Crippen LogP contribution >= 0.6 is 0 Å². The topological polar surface area (TPSA) is 83.8 Å². The number of fused-ring (bicyclic) bond motifs is 1. The van der Waals surface area contributed by atoms with Gasteiger partial charge in [0.25, 0.3) is 0 Å². The molecule has 0 spiro atoms. The fourth-order valence-corrected chi connectivity index (χ4v) is 2.44. The minimum atomic E-state index is -1.40. The first-order valence-corrected chi connectivity index (χ1v) is 5.97. The maximum absolute atomic E-state index is 12.3. The molecule has 1 aromatic rings. The molecule has 0 amide bonds. The van der Waals surface area contributed by atoms with Gasteiger partial charge in [-0.05, 0) is 6.92 Å². The molecule has 0 saturated heterocycles. The van der Waals surface area contributed by atoms with E-state index in [4.69, 9.17) is 4.74 Å². The number of hydrogen-bond acceptors (Lipinski definition) is 5. The predicted octanol–water partition coefficient (Wildman–Crippen LogP) is 0.460. The third-order valence-electron chi connectivity index (χ3n) is 3.52. The van der Waals surface area contributed by atoms with Crippen LogP contribution < -0.4 is 0 Å². The second-order valence-electron chi connectivity index (χ2n) is 4.71. The molecule has 0 aromatic heterocycles. The van der Waals surface area contributed by atoms with Crippen LogP contribution in [0.15, 0.2) is 35.6 Å². The number of aliphatic hydroxyl groups excluding tert-OH is 2. The highest BCUT2D eigenvalue weighted by Crippen LogP contribution is 2.34. The van der Waals surface area contributed by atoms with Crippen molar-refractivity contribution in [2.24, 2.45) is 0 Å². The minimum absolute atomic E-state index is 0.144. The van der Waals surface area contributed by atoms with Crippen molar-refractivity contribution < 1.29 is 24.5 Å². The van der Waals surface area contributed by atoms with Crippen molar-refractivity contribution in [3.8, 4) is 0 Å². The summed E-state index contributed by atoms with van der Waals surface area (Å²) >= 11 is 0. The fraction of sp³-hybridized carbons (Fsp3) is 0.286. The van der Waals surface area contributed by atoms with Gasteiger partial charge in [0.1, 0.15) is 18.3 Å². The molecule has 0 radical (unpaired) electrons. The molecule has 5 heteroatoms. The van der Waals surface area contributed by atoms with Crippen LogP contribution in [0.1, 0.15) is 27.6 Å². The molecule has 2 aliphatic rings. The Morgan fingerprint density at radius 2 is 1.63 bits per heavy atom. The van der Waals surface area contributed by atoms with Gasteiger partial charge in [0.2, 0.25) is 5.78 Å². The smallest absolute Gasteiger partial charge is 0.228 e. The summed E-state index contributed by atoms with van der Waals surface area (Å²) in [5.41, 5.74) is 0.354. The lowest BCUT2D eigenvalue weighted by Gasteiger charge is -2.35. The van der Waals surface area contributed by atoms with E-state index in [1.54, 1.807) is 18.2 Å². The molecule has 1 aliphatic carbocycles. The lowest BCUT2D eigenvalue weighted by atomic mass is 9.82. The number of carbonyl (C=O) groups excluding carboxylic acids is 2. The molecule has 5 nitrogen and oxygen atoms in total. The Morgan fingerprint density at radius 3 is 2.26 bits per heavy atom. The summed E-state index contributed by atoms with van der Waals surface area (Å²) in [6, 6.07) is 6.37. The van der Waals surface area contributed by atoms with Crippen LogP contribution in [0.4, 0.5) is 0 Å². The summed E-state index contributed by atoms with van der Waals surface area (Å²) < 4.78 is 5.31. The zero-order valence-corrected chi connectivity index (χ0v) is 10.2. The summed E-state index contributed by atoms with van der Waals surface area (Å²) in [7, 11) is 0. The molecule has 3 atom stereocenters. The van der Waals surface area contributed by atoms with E-state index < -0.39 is 29.9 Å². The lowest BCUT2D eigenvalue weighted by Crippen LogP contribution is -2.47. The maximum Gasteiger partial charge on any atom is 0.228 e. The van der Waals surface area contributed by atoms with Crippen LogP contribution in [0.2, 0.25) is 0 Å². The summed E-state index contributed by atoms with van der Waals surface area (Å²) in [6.07, 6.45) is -3.36. The zero-order valence-electron chi connectivity index (χ0n) is 10.2. The number of benzene rings is 1. The third-order valence-corrected chi connectivity index (χ3v) is 3.52. The first-order chi connectivity index (χ1) is 9.02. The van der Waals surface area contributed by atoms with Crippen LogP contribution in [0.25, 0.3) is 0 Å². The number of ether oxygens (including phenoxy) is 1. The summed E-state index contributed by atoms with van der Waals surface area (Å²) in [4.78, 5) is 24.6. The van der Waals surface area contributed by atoms with E-state index in [1.165, 1.54) is 13.0 Å². The third kappa shape index (κ3) is 1.55. The van der Waals surface area contributed by atoms with Crippen molar-refractivity contribution in [2.75, 3.05) is 0 Å². The van der Waals surface area contributed by atoms with Crippen molar-refractivity contribution in [2.45, 2.75) is 25.2 Å². The van der Waals surface area contributed by atoms with E-state index in [0.29, 0.717) is 0 Å². The van der Waals surface area contributed by atoms with Gasteiger partial charge < -0.3 is 14.9 Å². The molecule has 1 aromatic carbocycles. The van der Waals surface area contributed by atoms with Gasteiger partial charge in [0.05, 0.1) is 5.57 Å². The highest BCUT2D eigenvalue weighted by molar-refractivity contribution is 6.26. The summed E-state index contributed by atoms with van der Waals surface area (Å²) in [6.45, 7) is 1.54. The second-order valence-corrected chi connectivity index (χ2v) is 4.71. The number of allylic oxidation sites excluding steroid dienone is 1. The number of hydrogen-bond donors (Lipinski definition) is 2. The average Bonchev–Trinajstić information content (AvgIpc) is 2.42. The SMILES string of the molecule is C[C@@H]1OC2=C(C(=O)c3ccccc3C2=O)[C@@H](O)[C@@H]1O. The first kappa shape index (κ1) is 12.1. The van der Waals surface area contributed by atoms with E-state index in [9.17, 15) is 19.8 Å². The van der Waals surface area contributed by atoms with Crippen LogP contribution in [0, 0.1) is 0 Å². The Morgan fingerprint density at radius 1 is 1.05 bits per heavy atom. The first-order valence-electron chi connectivity index (χ1n) is 5.97. The second kappa shape index (κ2) is 4.01. The summed E-state index contributed by atoms with van der Waals surface area (Å²) in [5, 5.41) is 19.8. The van der Waals surface area contributed by atoms with Crippen LogP contribution in [-0.2, 0) is 4.74 Å². The Hall–Kier alpha value is -1.98. The largest absolute Gasteiger partial charge is 0.483 e. The molecule has 3 rings (SSSR count). The van der Waals surface area contributed by atoms with Gasteiger partial charge in [-0.2, -0.15) is 0 Å². The Labute approximate surface area is 109 Å². The molecule has 1 aliphatic heterocycles. The Kier molecular flexibility index (Phi) is 2.55. The lowest BCUT2D eigenvalue weighted by molar-refractivity contribution is -0.0682. The highest BCUT2D eigenvalue weighted by atomic mass is 16.5. The van der Waals surface area contributed by atoms with E-state index in [2.05, 4.69) is 0 Å². The normalized spacial score (nSPS) is 29.7. The van der Waals surface area contributed by atoms with Crippen molar-refractivity contribution in [3.05, 3.63) is 46.7 Å². The van der Waals surface area contributed by atoms with Gasteiger partial charge in [-0.15, -0.1) is 0 Å². The van der Waals surface area contributed by atoms with Crippen molar-refractivity contribution in [3.63, 3.8) is 0 Å². The molecular weight excluding hydrogens is 248 g/mol. The predicted molar refractivity (Wildman–Crippen MR) is 64.7 cm³/mol. The average molecular weight is 260 g/mol. The Balaban J connectivity index is 2.20. The quantitative estimate of drug-likeness (QED) is 0.708. The molecule has 0 bridgehead atoms. The molecule has 0 saturated carbocycles. The van der Waals surface area contributed by atoms with Crippen molar-refractivity contribution in [1.29, 1.82) is 0 Å². The van der Waals surface area contributed by atoms with Crippen molar-refractivity contribution >= 4 is 11.6 Å². The zero-order chi connectivity index (χ0) is 13.7. The van der Waals surface area contributed by atoms with Crippen LogP contribution in [0.3, 0.4) is 0 Å². The Bertz CT molecular complexity index is 616. The number of aliphatic hydroxyl groups is 2. The molecule has 1 heterocycles. The van der Waals surface area contributed by atoms with Gasteiger partial charge in [-0.1, -0.05) is 24.3 Å². The molecule has 98 valence electrons.